The second-order valence-corrected chi connectivity index (χ2v) is 3.17. The van der Waals surface area contributed by atoms with Crippen LogP contribution in [0.4, 0.5) is 0 Å². The van der Waals surface area contributed by atoms with Gasteiger partial charge in [0.1, 0.15) is 8.25 Å². The van der Waals surface area contributed by atoms with Gasteiger partial charge in [-0.05, 0) is 20.8 Å². The molecule has 9 heavy (non-hydrogen) atoms. The molecule has 0 saturated carbocycles. The van der Waals surface area contributed by atoms with E-state index in [2.05, 4.69) is 4.52 Å². The molecule has 0 fully saturated rings. The summed E-state index contributed by atoms with van der Waals surface area (Å²) >= 11 is 0. The van der Waals surface area contributed by atoms with Crippen molar-refractivity contribution in [1.29, 1.82) is 0 Å². The van der Waals surface area contributed by atoms with Crippen molar-refractivity contribution in [3.8, 4) is 0 Å². The Kier molecular flexibility index (Phi) is 8.09. The van der Waals surface area contributed by atoms with Crippen LogP contribution in [-0.4, -0.2) is 5.60 Å². The van der Waals surface area contributed by atoms with Crippen LogP contribution >= 0.6 is 8.25 Å². The van der Waals surface area contributed by atoms with Crippen LogP contribution in [0.15, 0.2) is 0 Å². The van der Waals surface area contributed by atoms with E-state index < -0.39 is 13.9 Å². The van der Waals surface area contributed by atoms with E-state index in [9.17, 15) is 9.46 Å². The smallest absolute Gasteiger partial charge is 0.781 e. The summed E-state index contributed by atoms with van der Waals surface area (Å²) in [6.07, 6.45) is 0. The van der Waals surface area contributed by atoms with E-state index in [0.717, 1.165) is 0 Å². The molecule has 1 atom stereocenters. The summed E-state index contributed by atoms with van der Waals surface area (Å²) in [6.45, 7) is 5.06. The van der Waals surface area contributed by atoms with Gasteiger partial charge < -0.3 is 14.0 Å². The first-order valence-corrected chi connectivity index (χ1v) is 3.54. The van der Waals surface area contributed by atoms with Crippen LogP contribution in [0.3, 0.4) is 0 Å². The van der Waals surface area contributed by atoms with Crippen LogP contribution in [0, 0.1) is 0 Å². The fraction of sp³-hybridized carbons (Fsp3) is 1.00. The van der Waals surface area contributed by atoms with E-state index in [1.807, 2.05) is 0 Å². The summed E-state index contributed by atoms with van der Waals surface area (Å²) in [5.74, 6) is 0. The molecule has 0 saturated heterocycles. The second-order valence-electron chi connectivity index (χ2n) is 2.46. The molecule has 1 unspecified atom stereocenters. The summed E-state index contributed by atoms with van der Waals surface area (Å²) < 4.78 is 14.3. The predicted octanol–water partition coefficient (Wildman–Crippen LogP) is -2.44. The predicted molar refractivity (Wildman–Crippen MR) is 29.8 cm³/mol. The molecule has 0 N–H and O–H groups in total. The average molecular weight is 176 g/mol. The van der Waals surface area contributed by atoms with Gasteiger partial charge in [0.2, 0.25) is 0 Å². The van der Waals surface area contributed by atoms with Gasteiger partial charge in [-0.15, -0.1) is 0 Å². The zero-order valence-electron chi connectivity index (χ0n) is 6.22. The minimum absolute atomic E-state index is 0. The number of hydrogen-bond acceptors (Lipinski definition) is 3. The Morgan fingerprint density at radius 3 is 1.78 bits per heavy atom. The molecular weight excluding hydrogens is 166 g/mol. The van der Waals surface area contributed by atoms with Crippen molar-refractivity contribution in [2.45, 2.75) is 26.4 Å². The first-order chi connectivity index (χ1) is 3.42. The Morgan fingerprint density at radius 2 is 1.78 bits per heavy atom. The van der Waals surface area contributed by atoms with Gasteiger partial charge in [-0.2, -0.15) is 0 Å². The van der Waals surface area contributed by atoms with E-state index in [1.54, 1.807) is 20.8 Å². The maximum absolute atomic E-state index is 9.87. The average Bonchev–Trinajstić information content (AvgIpc) is 1.21. The van der Waals surface area contributed by atoms with Crippen molar-refractivity contribution in [2.75, 3.05) is 0 Å². The van der Waals surface area contributed by atoms with Crippen LogP contribution < -0.4 is 56.3 Å². The van der Waals surface area contributed by atoms with E-state index in [0.29, 0.717) is 0 Å². The van der Waals surface area contributed by atoms with Crippen LogP contribution in [0.25, 0.3) is 0 Å². The minimum Gasteiger partial charge on any atom is -0.781 e. The molecule has 0 amide bonds. The Balaban J connectivity index is 0. The van der Waals surface area contributed by atoms with Crippen LogP contribution in [0.2, 0.25) is 0 Å². The van der Waals surface area contributed by atoms with Gasteiger partial charge >= 0.3 is 51.4 Å². The van der Waals surface area contributed by atoms with Gasteiger partial charge in [0, 0.05) is 0 Å². The van der Waals surface area contributed by atoms with Crippen LogP contribution in [0.1, 0.15) is 20.8 Å². The maximum Gasteiger partial charge on any atom is 1.00 e. The van der Waals surface area contributed by atoms with Crippen molar-refractivity contribution in [3.63, 3.8) is 0 Å². The molecule has 0 spiro atoms. The van der Waals surface area contributed by atoms with E-state index in [-0.39, 0.29) is 51.4 Å². The summed E-state index contributed by atoms with van der Waals surface area (Å²) in [5, 5.41) is 0. The van der Waals surface area contributed by atoms with Gasteiger partial charge in [0.05, 0.1) is 5.60 Å². The molecule has 0 aromatic heterocycles. The standard InChI is InChI=1S/C4H11O3P.K/c1-4(2,3)7-8(5)6;/h8H,1-3H3,(H,5,6);/q;+1/p-1. The Labute approximate surface area is 98.5 Å². The van der Waals surface area contributed by atoms with Gasteiger partial charge in [-0.1, -0.05) is 0 Å². The van der Waals surface area contributed by atoms with Crippen molar-refractivity contribution in [3.05, 3.63) is 0 Å². The fourth-order valence-electron chi connectivity index (χ4n) is 0.250. The third kappa shape index (κ3) is 12.9. The van der Waals surface area contributed by atoms with Gasteiger partial charge in [0.15, 0.2) is 0 Å². The molecule has 5 heteroatoms. The van der Waals surface area contributed by atoms with E-state index in [4.69, 9.17) is 0 Å². The molecule has 0 heterocycles. The zero-order valence-corrected chi connectivity index (χ0v) is 10.3. The molecule has 0 aromatic carbocycles. The first kappa shape index (κ1) is 13.4. The summed E-state index contributed by atoms with van der Waals surface area (Å²) in [7, 11) is -2.99. The maximum atomic E-state index is 9.87. The zero-order chi connectivity index (χ0) is 6.78. The Bertz CT molecular complexity index is 98.5. The molecule has 50 valence electrons. The Morgan fingerprint density at radius 1 is 1.44 bits per heavy atom. The largest absolute Gasteiger partial charge is 1.00 e. The molecule has 0 bridgehead atoms. The van der Waals surface area contributed by atoms with Gasteiger partial charge in [-0.3, -0.25) is 0 Å². The first-order valence-electron chi connectivity index (χ1n) is 2.32. The molecular formula is C4H10KO3P. The fourth-order valence-corrected chi connectivity index (χ4v) is 0.750. The van der Waals surface area contributed by atoms with Crippen molar-refractivity contribution in [2.24, 2.45) is 0 Å². The topological polar surface area (TPSA) is 49.4 Å². The number of hydrogen-bond donors (Lipinski definition) is 0. The third-order valence-electron chi connectivity index (χ3n) is 0.390. The number of rotatable bonds is 1. The van der Waals surface area contributed by atoms with E-state index >= 15 is 0 Å². The molecule has 0 aromatic rings. The van der Waals surface area contributed by atoms with Crippen molar-refractivity contribution >= 4 is 8.25 Å². The SMILES string of the molecule is CC(C)(C)O[PH](=O)[O-].[K+]. The van der Waals surface area contributed by atoms with Gasteiger partial charge in [0.25, 0.3) is 0 Å². The summed E-state index contributed by atoms with van der Waals surface area (Å²) in [6, 6.07) is 0. The molecule has 0 rings (SSSR count). The van der Waals surface area contributed by atoms with Crippen molar-refractivity contribution in [1.82, 2.24) is 0 Å². The van der Waals surface area contributed by atoms with E-state index in [1.165, 1.54) is 0 Å². The molecule has 3 nitrogen and oxygen atoms in total. The Hall–Kier alpha value is 1.79. The third-order valence-corrected chi connectivity index (χ3v) is 1.17. The van der Waals surface area contributed by atoms with Crippen molar-refractivity contribution < 1.29 is 65.4 Å². The minimum atomic E-state index is -2.99. The molecule has 0 aliphatic carbocycles. The molecule has 0 radical (unpaired) electrons. The monoisotopic (exact) mass is 176 g/mol. The normalized spacial score (nSPS) is 14.2. The molecule has 0 aliphatic heterocycles. The van der Waals surface area contributed by atoms with Crippen LogP contribution in [-0.2, 0) is 9.09 Å². The quantitative estimate of drug-likeness (QED) is 0.329. The van der Waals surface area contributed by atoms with Gasteiger partial charge in [-0.25, -0.2) is 0 Å². The van der Waals surface area contributed by atoms with Crippen LogP contribution in [0.5, 0.6) is 0 Å². The summed E-state index contributed by atoms with van der Waals surface area (Å²) in [4.78, 5) is 9.87. The molecule has 0 aliphatic rings. The second kappa shape index (κ2) is 5.44. The summed E-state index contributed by atoms with van der Waals surface area (Å²) in [5.41, 5.74) is -0.558.